The molecule has 2 heterocycles. The average Bonchev–Trinajstić information content (AvgIpc) is 3.02. The summed E-state index contributed by atoms with van der Waals surface area (Å²) in [6.07, 6.45) is 0. The largest absolute Gasteiger partial charge is 0.497 e. The van der Waals surface area contributed by atoms with Crippen molar-refractivity contribution in [1.82, 2.24) is 14.3 Å². The van der Waals surface area contributed by atoms with E-state index >= 15 is 0 Å². The van der Waals surface area contributed by atoms with E-state index < -0.39 is 0 Å². The second kappa shape index (κ2) is 8.32. The zero-order valence-corrected chi connectivity index (χ0v) is 16.4. The van der Waals surface area contributed by atoms with Gasteiger partial charge in [-0.25, -0.2) is 4.98 Å². The highest BCUT2D eigenvalue weighted by atomic mass is 32.1. The summed E-state index contributed by atoms with van der Waals surface area (Å²) >= 11 is 1.44. The number of hydrogen-bond acceptors (Lipinski definition) is 6. The number of methoxy groups -OCH3 is 1. The number of ether oxygens (including phenoxy) is 1. The van der Waals surface area contributed by atoms with Gasteiger partial charge in [-0.2, -0.15) is 0 Å². The molecular formula is C19H22N4O3S. The number of aryl methyl sites for hydroxylation is 1. The molecule has 0 fully saturated rings. The standard InChI is InChI=1S/C19H22N4O3S/c1-4-22(11-17(24)20-14-6-5-7-16(8-14)26-3)10-15-9-18(25)23-13(2)12-27-19(23)21-15/h5-9,12H,4,10-11H2,1-3H3,(H,20,24). The van der Waals surface area contributed by atoms with Gasteiger partial charge >= 0.3 is 0 Å². The maximum absolute atomic E-state index is 12.4. The van der Waals surface area contributed by atoms with Gasteiger partial charge in [0.05, 0.1) is 19.3 Å². The molecule has 0 spiro atoms. The Morgan fingerprint density at radius 1 is 1.37 bits per heavy atom. The summed E-state index contributed by atoms with van der Waals surface area (Å²) in [5, 5.41) is 4.78. The van der Waals surface area contributed by atoms with Gasteiger partial charge in [-0.3, -0.25) is 18.9 Å². The molecule has 0 unspecified atom stereocenters. The predicted molar refractivity (Wildman–Crippen MR) is 107 cm³/mol. The first-order valence-corrected chi connectivity index (χ1v) is 9.51. The van der Waals surface area contributed by atoms with E-state index in [0.717, 1.165) is 5.69 Å². The van der Waals surface area contributed by atoms with E-state index in [0.29, 0.717) is 35.2 Å². The van der Waals surface area contributed by atoms with Crippen LogP contribution >= 0.6 is 11.3 Å². The smallest absolute Gasteiger partial charge is 0.259 e. The number of fused-ring (bicyclic) bond motifs is 1. The van der Waals surface area contributed by atoms with Gasteiger partial charge in [-0.1, -0.05) is 13.0 Å². The topological polar surface area (TPSA) is 75.9 Å². The number of likely N-dealkylation sites (N-methyl/N-ethyl adjacent to an activating group) is 1. The quantitative estimate of drug-likeness (QED) is 0.675. The van der Waals surface area contributed by atoms with Crippen LogP contribution in [0, 0.1) is 6.92 Å². The van der Waals surface area contributed by atoms with Crippen LogP contribution in [0.4, 0.5) is 5.69 Å². The highest BCUT2D eigenvalue weighted by Crippen LogP contribution is 2.17. The normalized spacial score (nSPS) is 11.1. The lowest BCUT2D eigenvalue weighted by Crippen LogP contribution is -2.33. The molecule has 1 N–H and O–H groups in total. The van der Waals surface area contributed by atoms with Crippen LogP contribution in [0.1, 0.15) is 18.3 Å². The van der Waals surface area contributed by atoms with Crippen LogP contribution in [-0.2, 0) is 11.3 Å². The number of carbonyl (C=O) groups excluding carboxylic acids is 1. The minimum absolute atomic E-state index is 0.0920. The van der Waals surface area contributed by atoms with E-state index in [-0.39, 0.29) is 18.0 Å². The first-order valence-electron chi connectivity index (χ1n) is 8.63. The molecule has 0 saturated heterocycles. The third kappa shape index (κ3) is 4.53. The van der Waals surface area contributed by atoms with Gasteiger partial charge in [-0.15, -0.1) is 11.3 Å². The third-order valence-corrected chi connectivity index (χ3v) is 5.13. The summed E-state index contributed by atoms with van der Waals surface area (Å²) in [7, 11) is 1.58. The zero-order valence-electron chi connectivity index (χ0n) is 15.6. The van der Waals surface area contributed by atoms with Crippen LogP contribution in [0.15, 0.2) is 40.5 Å². The number of nitrogens with zero attached hydrogens (tertiary/aromatic N) is 3. The van der Waals surface area contributed by atoms with Crippen molar-refractivity contribution in [3.05, 3.63) is 57.5 Å². The van der Waals surface area contributed by atoms with E-state index in [1.165, 1.54) is 17.4 Å². The van der Waals surface area contributed by atoms with Crippen molar-refractivity contribution in [2.75, 3.05) is 25.5 Å². The second-order valence-corrected chi connectivity index (χ2v) is 7.00. The predicted octanol–water partition coefficient (Wildman–Crippen LogP) is 2.53. The van der Waals surface area contributed by atoms with Gasteiger partial charge in [0.2, 0.25) is 5.91 Å². The van der Waals surface area contributed by atoms with Crippen LogP contribution in [0.25, 0.3) is 4.96 Å². The minimum Gasteiger partial charge on any atom is -0.497 e. The Kier molecular flexibility index (Phi) is 5.88. The molecule has 1 aromatic carbocycles. The fourth-order valence-corrected chi connectivity index (χ4v) is 3.69. The first-order chi connectivity index (χ1) is 13.0. The number of anilines is 1. The van der Waals surface area contributed by atoms with Gasteiger partial charge in [0.1, 0.15) is 5.75 Å². The van der Waals surface area contributed by atoms with Crippen molar-refractivity contribution in [1.29, 1.82) is 0 Å². The van der Waals surface area contributed by atoms with Crippen molar-refractivity contribution in [2.45, 2.75) is 20.4 Å². The van der Waals surface area contributed by atoms with E-state index in [4.69, 9.17) is 4.74 Å². The number of hydrogen-bond donors (Lipinski definition) is 1. The van der Waals surface area contributed by atoms with Gasteiger partial charge < -0.3 is 10.1 Å². The second-order valence-electron chi connectivity index (χ2n) is 6.16. The van der Waals surface area contributed by atoms with Gasteiger partial charge in [0, 0.05) is 35.4 Å². The summed E-state index contributed by atoms with van der Waals surface area (Å²) in [4.78, 5) is 31.8. The number of carbonyl (C=O) groups is 1. The maximum Gasteiger partial charge on any atom is 0.259 e. The van der Waals surface area contributed by atoms with Crippen LogP contribution in [0.5, 0.6) is 5.75 Å². The molecule has 27 heavy (non-hydrogen) atoms. The molecule has 0 aliphatic carbocycles. The first kappa shape index (κ1) is 19.1. The van der Waals surface area contributed by atoms with Crippen LogP contribution in [0.2, 0.25) is 0 Å². The summed E-state index contributed by atoms with van der Waals surface area (Å²) in [5.74, 6) is 0.555. The Hall–Kier alpha value is -2.71. The summed E-state index contributed by atoms with van der Waals surface area (Å²) in [5.41, 5.74) is 2.13. The Morgan fingerprint density at radius 3 is 2.93 bits per heavy atom. The van der Waals surface area contributed by atoms with Gasteiger partial charge in [-0.05, 0) is 25.6 Å². The highest BCUT2D eigenvalue weighted by molar-refractivity contribution is 7.15. The van der Waals surface area contributed by atoms with Crippen molar-refractivity contribution in [3.8, 4) is 5.75 Å². The van der Waals surface area contributed by atoms with E-state index in [9.17, 15) is 9.59 Å². The van der Waals surface area contributed by atoms with E-state index in [1.807, 2.05) is 42.3 Å². The molecule has 0 aliphatic rings. The lowest BCUT2D eigenvalue weighted by atomic mass is 10.3. The maximum atomic E-state index is 12.4. The molecule has 3 aromatic rings. The minimum atomic E-state index is -0.130. The number of amides is 1. The molecule has 3 rings (SSSR count). The molecule has 0 saturated carbocycles. The molecule has 0 aliphatic heterocycles. The Labute approximate surface area is 161 Å². The Morgan fingerprint density at radius 2 is 2.19 bits per heavy atom. The fraction of sp³-hybridized carbons (Fsp3) is 0.316. The molecule has 0 bridgehead atoms. The van der Waals surface area contributed by atoms with Crippen molar-refractivity contribution >= 4 is 27.9 Å². The van der Waals surface area contributed by atoms with Crippen LogP contribution in [-0.4, -0.2) is 40.4 Å². The third-order valence-electron chi connectivity index (χ3n) is 4.18. The molecule has 0 radical (unpaired) electrons. The van der Waals surface area contributed by atoms with Crippen molar-refractivity contribution < 1.29 is 9.53 Å². The lowest BCUT2D eigenvalue weighted by molar-refractivity contribution is -0.117. The molecule has 142 valence electrons. The van der Waals surface area contributed by atoms with Crippen LogP contribution in [0.3, 0.4) is 0 Å². The summed E-state index contributed by atoms with van der Waals surface area (Å²) < 4.78 is 6.76. The van der Waals surface area contributed by atoms with E-state index in [2.05, 4.69) is 10.3 Å². The van der Waals surface area contributed by atoms with Gasteiger partial charge in [0.15, 0.2) is 4.96 Å². The number of aromatic nitrogens is 2. The van der Waals surface area contributed by atoms with Gasteiger partial charge in [0.25, 0.3) is 5.56 Å². The lowest BCUT2D eigenvalue weighted by Gasteiger charge is -2.19. The highest BCUT2D eigenvalue weighted by Gasteiger charge is 2.13. The summed E-state index contributed by atoms with van der Waals surface area (Å²) in [6.45, 7) is 5.16. The molecule has 8 heteroatoms. The molecule has 0 atom stereocenters. The fourth-order valence-electron chi connectivity index (χ4n) is 2.79. The van der Waals surface area contributed by atoms with Crippen LogP contribution < -0.4 is 15.6 Å². The average molecular weight is 386 g/mol. The van der Waals surface area contributed by atoms with Crippen molar-refractivity contribution in [2.24, 2.45) is 0 Å². The molecular weight excluding hydrogens is 364 g/mol. The van der Waals surface area contributed by atoms with E-state index in [1.54, 1.807) is 17.6 Å². The number of rotatable bonds is 7. The van der Waals surface area contributed by atoms with Crippen molar-refractivity contribution in [3.63, 3.8) is 0 Å². The number of nitrogens with one attached hydrogen (secondary N) is 1. The molecule has 2 aromatic heterocycles. The SMILES string of the molecule is CCN(CC(=O)Nc1cccc(OC)c1)Cc1cc(=O)n2c(C)csc2n1. The number of benzene rings is 1. The molecule has 7 nitrogen and oxygen atoms in total. The Bertz CT molecular complexity index is 1010. The Balaban J connectivity index is 1.68. The zero-order chi connectivity index (χ0) is 19.4. The summed E-state index contributed by atoms with van der Waals surface area (Å²) in [6, 6.07) is 8.76. The number of thiazole rings is 1. The molecule has 1 amide bonds. The monoisotopic (exact) mass is 386 g/mol.